The van der Waals surface area contributed by atoms with Crippen LogP contribution < -0.4 is 0 Å². The minimum atomic E-state index is -0.532. The summed E-state index contributed by atoms with van der Waals surface area (Å²) in [5, 5.41) is 9.54. The number of aliphatic hydroxyl groups excluding tert-OH is 1. The zero-order chi connectivity index (χ0) is 9.56. The highest BCUT2D eigenvalue weighted by atomic mass is 16.5. The molecule has 1 N–H and O–H groups in total. The highest BCUT2D eigenvalue weighted by Crippen LogP contribution is 2.13. The van der Waals surface area contributed by atoms with Crippen molar-refractivity contribution < 1.29 is 9.84 Å². The van der Waals surface area contributed by atoms with E-state index in [1.165, 1.54) is 0 Å². The van der Waals surface area contributed by atoms with E-state index in [9.17, 15) is 5.11 Å². The molecule has 0 saturated carbocycles. The molecule has 70 valence electrons. The molecular weight excluding hydrogens is 152 g/mol. The molecule has 0 saturated heterocycles. The van der Waals surface area contributed by atoms with Gasteiger partial charge in [0.25, 0.3) is 0 Å². The Morgan fingerprint density at radius 3 is 2.42 bits per heavy atom. The molecule has 0 amide bonds. The Labute approximate surface area is 74.9 Å². The van der Waals surface area contributed by atoms with Gasteiger partial charge in [-0.25, -0.2) is 0 Å². The van der Waals surface area contributed by atoms with Crippen LogP contribution in [0.5, 0.6) is 0 Å². The van der Waals surface area contributed by atoms with E-state index >= 15 is 0 Å². The van der Waals surface area contributed by atoms with E-state index in [1.54, 1.807) is 0 Å². The van der Waals surface area contributed by atoms with Crippen LogP contribution in [-0.4, -0.2) is 23.9 Å². The molecule has 0 rings (SSSR count). The Morgan fingerprint density at radius 2 is 2.08 bits per heavy atom. The lowest BCUT2D eigenvalue weighted by Crippen LogP contribution is -2.33. The second-order valence-corrected chi connectivity index (χ2v) is 3.14. The molecule has 0 spiro atoms. The maximum absolute atomic E-state index is 9.54. The van der Waals surface area contributed by atoms with E-state index in [1.807, 2.05) is 20.8 Å². The van der Waals surface area contributed by atoms with Gasteiger partial charge in [-0.3, -0.25) is 0 Å². The van der Waals surface area contributed by atoms with E-state index in [4.69, 9.17) is 11.2 Å². The van der Waals surface area contributed by atoms with Crippen LogP contribution in [-0.2, 0) is 4.74 Å². The zero-order valence-electron chi connectivity index (χ0n) is 8.08. The number of hydrogen-bond acceptors (Lipinski definition) is 2. The highest BCUT2D eigenvalue weighted by molar-refractivity contribution is 4.90. The molecule has 2 atom stereocenters. The summed E-state index contributed by atoms with van der Waals surface area (Å²) in [6, 6.07) is 0. The molecule has 12 heavy (non-hydrogen) atoms. The van der Waals surface area contributed by atoms with Crippen LogP contribution in [0.1, 0.15) is 27.2 Å². The molecule has 2 nitrogen and oxygen atoms in total. The van der Waals surface area contributed by atoms with Gasteiger partial charge in [0.05, 0.1) is 12.2 Å². The number of aliphatic hydroxyl groups is 1. The molecule has 2 unspecified atom stereocenters. The molecule has 0 aromatic carbocycles. The maximum atomic E-state index is 9.54. The van der Waals surface area contributed by atoms with Crippen LogP contribution in [0.25, 0.3) is 0 Å². The summed E-state index contributed by atoms with van der Waals surface area (Å²) in [5.74, 6) is 2.73. The summed E-state index contributed by atoms with van der Waals surface area (Å²) < 4.78 is 5.37. The molecule has 0 fully saturated rings. The molecule has 0 aliphatic heterocycles. The predicted octanol–water partition coefficient (Wildman–Crippen LogP) is 1.43. The second kappa shape index (κ2) is 6.05. The number of rotatable bonds is 5. The molecule has 0 aromatic rings. The van der Waals surface area contributed by atoms with Gasteiger partial charge < -0.3 is 9.84 Å². The summed E-state index contributed by atoms with van der Waals surface area (Å²) in [5.41, 5.74) is 0. The van der Waals surface area contributed by atoms with Crippen LogP contribution in [0.3, 0.4) is 0 Å². The van der Waals surface area contributed by atoms with E-state index in [2.05, 4.69) is 5.92 Å². The molecule has 0 radical (unpaired) electrons. The third-order valence-corrected chi connectivity index (χ3v) is 1.72. The fourth-order valence-electron chi connectivity index (χ4n) is 1.18. The predicted molar refractivity (Wildman–Crippen MR) is 49.7 cm³/mol. The van der Waals surface area contributed by atoms with Crippen molar-refractivity contribution in [1.82, 2.24) is 0 Å². The minimum Gasteiger partial charge on any atom is -0.389 e. The monoisotopic (exact) mass is 170 g/mol. The van der Waals surface area contributed by atoms with E-state index in [0.717, 1.165) is 0 Å². The highest BCUT2D eigenvalue weighted by Gasteiger charge is 2.21. The van der Waals surface area contributed by atoms with E-state index in [-0.39, 0.29) is 6.10 Å². The van der Waals surface area contributed by atoms with Gasteiger partial charge >= 0.3 is 0 Å². The summed E-state index contributed by atoms with van der Waals surface area (Å²) in [4.78, 5) is 0. The molecule has 0 aliphatic rings. The molecule has 0 bridgehead atoms. The fraction of sp³-hybridized carbons (Fsp3) is 0.800. The summed E-state index contributed by atoms with van der Waals surface area (Å²) in [7, 11) is 0. The zero-order valence-corrected chi connectivity index (χ0v) is 8.08. The first-order chi connectivity index (χ1) is 5.63. The van der Waals surface area contributed by atoms with Crippen LogP contribution >= 0.6 is 0 Å². The smallest absolute Gasteiger partial charge is 0.0913 e. The lowest BCUT2D eigenvalue weighted by Gasteiger charge is -2.24. The lowest BCUT2D eigenvalue weighted by atomic mass is 10.00. The number of terminal acetylenes is 1. The lowest BCUT2D eigenvalue weighted by molar-refractivity contribution is -0.0544. The average molecular weight is 170 g/mol. The van der Waals surface area contributed by atoms with Gasteiger partial charge in [-0.1, -0.05) is 13.8 Å². The second-order valence-electron chi connectivity index (χ2n) is 3.14. The van der Waals surface area contributed by atoms with E-state index < -0.39 is 6.10 Å². The van der Waals surface area contributed by atoms with Crippen molar-refractivity contribution in [3.63, 3.8) is 0 Å². The third kappa shape index (κ3) is 3.75. The first-order valence-corrected chi connectivity index (χ1v) is 4.36. The Hall–Kier alpha value is -0.520. The third-order valence-electron chi connectivity index (χ3n) is 1.72. The summed E-state index contributed by atoms with van der Waals surface area (Å²) in [6.45, 7) is 6.56. The van der Waals surface area contributed by atoms with Crippen molar-refractivity contribution in [3.8, 4) is 12.3 Å². The van der Waals surface area contributed by atoms with Crippen molar-refractivity contribution in [3.05, 3.63) is 0 Å². The summed E-state index contributed by atoms with van der Waals surface area (Å²) >= 11 is 0. The van der Waals surface area contributed by atoms with Crippen LogP contribution in [0.15, 0.2) is 0 Å². The normalized spacial score (nSPS) is 15.7. The first-order valence-electron chi connectivity index (χ1n) is 4.36. The van der Waals surface area contributed by atoms with Gasteiger partial charge in [-0.2, -0.15) is 0 Å². The number of ether oxygens (including phenoxy) is 1. The van der Waals surface area contributed by atoms with Crippen molar-refractivity contribution in [1.29, 1.82) is 0 Å². The van der Waals surface area contributed by atoms with E-state index in [0.29, 0.717) is 18.9 Å². The average Bonchev–Trinajstić information content (AvgIpc) is 1.99. The fourth-order valence-corrected chi connectivity index (χ4v) is 1.18. The van der Waals surface area contributed by atoms with Gasteiger partial charge in [0.15, 0.2) is 0 Å². The van der Waals surface area contributed by atoms with Crippen LogP contribution in [0.4, 0.5) is 0 Å². The van der Waals surface area contributed by atoms with Crippen LogP contribution in [0.2, 0.25) is 0 Å². The van der Waals surface area contributed by atoms with Gasteiger partial charge in [0, 0.05) is 13.0 Å². The number of hydrogen-bond donors (Lipinski definition) is 1. The minimum absolute atomic E-state index is 0.133. The molecule has 2 heteroatoms. The van der Waals surface area contributed by atoms with Crippen molar-refractivity contribution >= 4 is 0 Å². The molecule has 0 aliphatic carbocycles. The molecule has 0 aromatic heterocycles. The van der Waals surface area contributed by atoms with Gasteiger partial charge in [0.1, 0.15) is 0 Å². The molecule has 0 heterocycles. The maximum Gasteiger partial charge on any atom is 0.0913 e. The Morgan fingerprint density at radius 1 is 1.50 bits per heavy atom. The van der Waals surface area contributed by atoms with Crippen molar-refractivity contribution in [2.75, 3.05) is 6.61 Å². The Bertz CT molecular complexity index is 146. The Balaban J connectivity index is 4.01. The Kier molecular flexibility index (Phi) is 5.79. The summed E-state index contributed by atoms with van der Waals surface area (Å²) in [6.07, 6.45) is 4.80. The van der Waals surface area contributed by atoms with Crippen LogP contribution in [0, 0.1) is 18.3 Å². The topological polar surface area (TPSA) is 29.5 Å². The van der Waals surface area contributed by atoms with Crippen molar-refractivity contribution in [2.45, 2.75) is 39.4 Å². The van der Waals surface area contributed by atoms with Gasteiger partial charge in [-0.15, -0.1) is 12.3 Å². The largest absolute Gasteiger partial charge is 0.389 e. The SMILES string of the molecule is C#CCC(O)C(OCC)C(C)C. The standard InChI is InChI=1S/C10H18O2/c1-5-7-9(11)10(8(3)4)12-6-2/h1,8-11H,6-7H2,2-4H3. The quantitative estimate of drug-likeness (QED) is 0.632. The molecular formula is C10H18O2. The van der Waals surface area contributed by atoms with Gasteiger partial charge in [-0.05, 0) is 12.8 Å². The first kappa shape index (κ1) is 11.5. The van der Waals surface area contributed by atoms with Gasteiger partial charge in [0.2, 0.25) is 0 Å². The van der Waals surface area contributed by atoms with Crippen molar-refractivity contribution in [2.24, 2.45) is 5.92 Å².